The van der Waals surface area contributed by atoms with E-state index in [0.717, 1.165) is 29.8 Å². The van der Waals surface area contributed by atoms with Crippen LogP contribution in [0.5, 0.6) is 0 Å². The number of aromatic nitrogens is 1. The molecule has 0 fully saturated rings. The number of fused-ring (bicyclic) bond motifs is 1. The maximum Gasteiger partial charge on any atom is 0.147 e. The van der Waals surface area contributed by atoms with Gasteiger partial charge < -0.3 is 9.64 Å². The molecule has 0 N–H and O–H groups in total. The number of anilines is 1. The summed E-state index contributed by atoms with van der Waals surface area (Å²) in [6.45, 7) is 4.19. The molecule has 0 bridgehead atoms. The van der Waals surface area contributed by atoms with Crippen LogP contribution in [0.1, 0.15) is 12.5 Å². The summed E-state index contributed by atoms with van der Waals surface area (Å²) in [5.41, 5.74) is 1.52. The number of ether oxygens (including phenoxy) is 1. The van der Waals surface area contributed by atoms with Crippen molar-refractivity contribution in [3.63, 3.8) is 0 Å². The Morgan fingerprint density at radius 3 is 2.84 bits per heavy atom. The van der Waals surface area contributed by atoms with Crippen molar-refractivity contribution in [1.29, 1.82) is 5.26 Å². The second-order valence-corrected chi connectivity index (χ2v) is 4.24. The highest BCUT2D eigenvalue weighted by Gasteiger charge is 2.12. The molecule has 2 aromatic rings. The van der Waals surface area contributed by atoms with E-state index >= 15 is 0 Å². The predicted octanol–water partition coefficient (Wildman–Crippen LogP) is 2.58. The van der Waals surface area contributed by atoms with Gasteiger partial charge in [0.2, 0.25) is 0 Å². The monoisotopic (exact) mass is 255 g/mol. The normalized spacial score (nSPS) is 10.4. The van der Waals surface area contributed by atoms with E-state index in [2.05, 4.69) is 16.0 Å². The molecular formula is C15H17N3O. The summed E-state index contributed by atoms with van der Waals surface area (Å²) < 4.78 is 5.10. The van der Waals surface area contributed by atoms with Crippen molar-refractivity contribution in [2.24, 2.45) is 0 Å². The summed E-state index contributed by atoms with van der Waals surface area (Å²) in [6.07, 6.45) is 0. The van der Waals surface area contributed by atoms with Crippen molar-refractivity contribution in [3.8, 4) is 6.07 Å². The Kier molecular flexibility index (Phi) is 4.32. The predicted molar refractivity (Wildman–Crippen MR) is 76.2 cm³/mol. The number of pyridine rings is 1. The number of hydrogen-bond acceptors (Lipinski definition) is 4. The Bertz CT molecular complexity index is 604. The van der Waals surface area contributed by atoms with Crippen LogP contribution in [0.25, 0.3) is 10.9 Å². The quantitative estimate of drug-likeness (QED) is 0.824. The summed E-state index contributed by atoms with van der Waals surface area (Å²) in [4.78, 5) is 6.68. The molecule has 0 aliphatic rings. The molecule has 0 radical (unpaired) electrons. The third kappa shape index (κ3) is 2.83. The van der Waals surface area contributed by atoms with Crippen LogP contribution in [-0.4, -0.2) is 31.8 Å². The molecule has 4 nitrogen and oxygen atoms in total. The van der Waals surface area contributed by atoms with Crippen LogP contribution >= 0.6 is 0 Å². The zero-order valence-corrected chi connectivity index (χ0v) is 11.3. The van der Waals surface area contributed by atoms with Crippen molar-refractivity contribution in [3.05, 3.63) is 35.9 Å². The van der Waals surface area contributed by atoms with Gasteiger partial charge in [-0.25, -0.2) is 4.98 Å². The Morgan fingerprint density at radius 1 is 1.37 bits per heavy atom. The summed E-state index contributed by atoms with van der Waals surface area (Å²) >= 11 is 0. The van der Waals surface area contributed by atoms with E-state index in [1.54, 1.807) is 7.11 Å². The number of likely N-dealkylation sites (N-methyl/N-ethyl adjacent to an activating group) is 1. The van der Waals surface area contributed by atoms with Crippen LogP contribution in [0, 0.1) is 11.3 Å². The standard InChI is InChI=1S/C15H17N3O/c1-3-18(8-9-19-2)15-13(11-16)10-12-6-4-5-7-14(12)17-15/h4-7,10H,3,8-9H2,1-2H3. The van der Waals surface area contributed by atoms with Gasteiger partial charge in [-0.1, -0.05) is 18.2 Å². The van der Waals surface area contributed by atoms with Crippen molar-refractivity contribution in [2.75, 3.05) is 31.7 Å². The molecule has 98 valence electrons. The summed E-state index contributed by atoms with van der Waals surface area (Å²) in [7, 11) is 1.67. The smallest absolute Gasteiger partial charge is 0.147 e. The molecule has 0 amide bonds. The number of hydrogen-bond donors (Lipinski definition) is 0. The molecule has 4 heteroatoms. The SMILES string of the molecule is CCN(CCOC)c1nc2ccccc2cc1C#N. The van der Waals surface area contributed by atoms with Crippen LogP contribution in [0.2, 0.25) is 0 Å². The van der Waals surface area contributed by atoms with Gasteiger partial charge in [0, 0.05) is 25.6 Å². The van der Waals surface area contributed by atoms with E-state index in [4.69, 9.17) is 4.74 Å². The van der Waals surface area contributed by atoms with Crippen LogP contribution in [0.15, 0.2) is 30.3 Å². The second-order valence-electron chi connectivity index (χ2n) is 4.24. The minimum absolute atomic E-state index is 0.608. The first kappa shape index (κ1) is 13.3. The molecule has 2 rings (SSSR count). The first-order valence-corrected chi connectivity index (χ1v) is 6.34. The van der Waals surface area contributed by atoms with Crippen molar-refractivity contribution >= 4 is 16.7 Å². The van der Waals surface area contributed by atoms with Crippen LogP contribution in [0.4, 0.5) is 5.82 Å². The number of benzene rings is 1. The molecule has 0 spiro atoms. The van der Waals surface area contributed by atoms with Gasteiger partial charge in [0.1, 0.15) is 11.9 Å². The van der Waals surface area contributed by atoms with Crippen LogP contribution in [0.3, 0.4) is 0 Å². The topological polar surface area (TPSA) is 49.1 Å². The van der Waals surface area contributed by atoms with Crippen molar-refractivity contribution < 1.29 is 4.74 Å². The van der Waals surface area contributed by atoms with Crippen molar-refractivity contribution in [2.45, 2.75) is 6.92 Å². The zero-order chi connectivity index (χ0) is 13.7. The maximum absolute atomic E-state index is 9.30. The van der Waals surface area contributed by atoms with E-state index in [1.807, 2.05) is 37.3 Å². The van der Waals surface area contributed by atoms with E-state index in [0.29, 0.717) is 12.2 Å². The largest absolute Gasteiger partial charge is 0.383 e. The lowest BCUT2D eigenvalue weighted by Gasteiger charge is -2.22. The lowest BCUT2D eigenvalue weighted by Crippen LogP contribution is -2.28. The van der Waals surface area contributed by atoms with Crippen LogP contribution < -0.4 is 4.90 Å². The minimum atomic E-state index is 0.608. The Balaban J connectivity index is 2.48. The summed E-state index contributed by atoms with van der Waals surface area (Å²) in [5.74, 6) is 0.737. The Labute approximate surface area is 113 Å². The number of nitrogens with zero attached hydrogens (tertiary/aromatic N) is 3. The fourth-order valence-electron chi connectivity index (χ4n) is 2.04. The minimum Gasteiger partial charge on any atom is -0.383 e. The number of methoxy groups -OCH3 is 1. The highest BCUT2D eigenvalue weighted by Crippen LogP contribution is 2.22. The van der Waals surface area contributed by atoms with Gasteiger partial charge in [-0.2, -0.15) is 5.26 Å². The van der Waals surface area contributed by atoms with Gasteiger partial charge in [-0.15, -0.1) is 0 Å². The Morgan fingerprint density at radius 2 is 2.16 bits per heavy atom. The molecule has 1 aromatic carbocycles. The maximum atomic E-state index is 9.30. The molecular weight excluding hydrogens is 238 g/mol. The van der Waals surface area contributed by atoms with Crippen LogP contribution in [-0.2, 0) is 4.74 Å². The molecule has 0 saturated heterocycles. The third-order valence-corrected chi connectivity index (χ3v) is 3.07. The van der Waals surface area contributed by atoms with E-state index in [1.165, 1.54) is 0 Å². The first-order valence-electron chi connectivity index (χ1n) is 6.34. The average Bonchev–Trinajstić information content (AvgIpc) is 2.47. The number of para-hydroxylation sites is 1. The first-order chi connectivity index (χ1) is 9.30. The average molecular weight is 255 g/mol. The fraction of sp³-hybridized carbons (Fsp3) is 0.333. The second kappa shape index (κ2) is 6.17. The summed E-state index contributed by atoms with van der Waals surface area (Å²) in [5, 5.41) is 10.3. The fourth-order valence-corrected chi connectivity index (χ4v) is 2.04. The van der Waals surface area contributed by atoms with Gasteiger partial charge in [0.05, 0.1) is 17.7 Å². The lowest BCUT2D eigenvalue weighted by molar-refractivity contribution is 0.205. The molecule has 0 saturated carbocycles. The van der Waals surface area contributed by atoms with E-state index in [9.17, 15) is 5.26 Å². The zero-order valence-electron chi connectivity index (χ0n) is 11.3. The van der Waals surface area contributed by atoms with Crippen molar-refractivity contribution in [1.82, 2.24) is 4.98 Å². The molecule has 1 heterocycles. The van der Waals surface area contributed by atoms with E-state index < -0.39 is 0 Å². The highest BCUT2D eigenvalue weighted by molar-refractivity contribution is 5.83. The molecule has 0 atom stereocenters. The molecule has 0 aliphatic carbocycles. The lowest BCUT2D eigenvalue weighted by atomic mass is 10.1. The third-order valence-electron chi connectivity index (χ3n) is 3.07. The number of nitriles is 1. The summed E-state index contributed by atoms with van der Waals surface area (Å²) in [6, 6.07) is 12.0. The molecule has 19 heavy (non-hydrogen) atoms. The highest BCUT2D eigenvalue weighted by atomic mass is 16.5. The van der Waals surface area contributed by atoms with Gasteiger partial charge in [0.15, 0.2) is 0 Å². The molecule has 0 unspecified atom stereocenters. The van der Waals surface area contributed by atoms with Gasteiger partial charge >= 0.3 is 0 Å². The van der Waals surface area contributed by atoms with Gasteiger partial charge in [-0.3, -0.25) is 0 Å². The van der Waals surface area contributed by atoms with Gasteiger partial charge in [0.25, 0.3) is 0 Å². The molecule has 0 aliphatic heterocycles. The Hall–Kier alpha value is -2.12. The van der Waals surface area contributed by atoms with Gasteiger partial charge in [-0.05, 0) is 19.1 Å². The van der Waals surface area contributed by atoms with E-state index in [-0.39, 0.29) is 0 Å². The molecule has 1 aromatic heterocycles. The number of rotatable bonds is 5.